The van der Waals surface area contributed by atoms with Gasteiger partial charge in [0, 0.05) is 6.26 Å². The SMILES string of the molecule is CS(=O)(=O)C1CCCCC1O. The maximum absolute atomic E-state index is 11.0. The van der Waals surface area contributed by atoms with E-state index in [1.807, 2.05) is 0 Å². The zero-order valence-corrected chi connectivity index (χ0v) is 7.47. The predicted octanol–water partition coefficient (Wildman–Crippen LogP) is 0.334. The molecule has 0 aromatic rings. The Kier molecular flexibility index (Phi) is 2.54. The first-order valence-corrected chi connectivity index (χ1v) is 5.84. The molecule has 11 heavy (non-hydrogen) atoms. The molecule has 1 aliphatic rings. The van der Waals surface area contributed by atoms with Gasteiger partial charge < -0.3 is 5.11 Å². The van der Waals surface area contributed by atoms with E-state index in [4.69, 9.17) is 0 Å². The van der Waals surface area contributed by atoms with E-state index in [-0.39, 0.29) is 0 Å². The minimum Gasteiger partial charge on any atom is -0.392 e. The second kappa shape index (κ2) is 3.11. The van der Waals surface area contributed by atoms with Gasteiger partial charge in [-0.3, -0.25) is 0 Å². The lowest BCUT2D eigenvalue weighted by Gasteiger charge is -2.25. The zero-order chi connectivity index (χ0) is 8.48. The third kappa shape index (κ3) is 2.17. The van der Waals surface area contributed by atoms with Crippen LogP contribution in [-0.4, -0.2) is 31.1 Å². The van der Waals surface area contributed by atoms with Gasteiger partial charge in [-0.15, -0.1) is 0 Å². The molecule has 0 spiro atoms. The molecule has 2 unspecified atom stereocenters. The van der Waals surface area contributed by atoms with Gasteiger partial charge in [0.1, 0.15) is 0 Å². The summed E-state index contributed by atoms with van der Waals surface area (Å²) in [4.78, 5) is 0. The minimum atomic E-state index is -3.03. The molecule has 0 heterocycles. The van der Waals surface area contributed by atoms with Crippen LogP contribution in [0.15, 0.2) is 0 Å². The summed E-state index contributed by atoms with van der Waals surface area (Å²) in [6, 6.07) is 0. The highest BCUT2D eigenvalue weighted by atomic mass is 32.2. The zero-order valence-electron chi connectivity index (χ0n) is 6.66. The van der Waals surface area contributed by atoms with Gasteiger partial charge in [0.05, 0.1) is 11.4 Å². The van der Waals surface area contributed by atoms with Crippen molar-refractivity contribution in [3.05, 3.63) is 0 Å². The quantitative estimate of drug-likeness (QED) is 0.629. The van der Waals surface area contributed by atoms with E-state index in [0.717, 1.165) is 12.8 Å². The Morgan fingerprint density at radius 2 is 1.82 bits per heavy atom. The first-order valence-electron chi connectivity index (χ1n) is 3.89. The van der Waals surface area contributed by atoms with Crippen LogP contribution in [0.4, 0.5) is 0 Å². The molecule has 1 aliphatic carbocycles. The summed E-state index contributed by atoms with van der Waals surface area (Å²) in [6.07, 6.45) is 3.71. The van der Waals surface area contributed by atoms with Crippen LogP contribution in [-0.2, 0) is 9.84 Å². The molecule has 0 aromatic carbocycles. The number of sulfone groups is 1. The van der Waals surface area contributed by atoms with Gasteiger partial charge in [0.15, 0.2) is 9.84 Å². The summed E-state index contributed by atoms with van der Waals surface area (Å²) < 4.78 is 22.1. The van der Waals surface area contributed by atoms with Gasteiger partial charge in [-0.25, -0.2) is 8.42 Å². The van der Waals surface area contributed by atoms with Crippen molar-refractivity contribution in [3.8, 4) is 0 Å². The first kappa shape index (κ1) is 9.00. The Labute approximate surface area is 67.3 Å². The van der Waals surface area contributed by atoms with Crippen LogP contribution < -0.4 is 0 Å². The Hall–Kier alpha value is -0.0900. The molecule has 1 saturated carbocycles. The highest BCUT2D eigenvalue weighted by Gasteiger charge is 2.30. The lowest BCUT2D eigenvalue weighted by Crippen LogP contribution is -2.36. The number of hydrogen-bond donors (Lipinski definition) is 1. The highest BCUT2D eigenvalue weighted by molar-refractivity contribution is 7.91. The van der Waals surface area contributed by atoms with Crippen molar-refractivity contribution in [1.29, 1.82) is 0 Å². The van der Waals surface area contributed by atoms with E-state index < -0.39 is 21.2 Å². The van der Waals surface area contributed by atoms with Crippen LogP contribution in [0.1, 0.15) is 25.7 Å². The minimum absolute atomic E-state index is 0.503. The topological polar surface area (TPSA) is 54.4 Å². The lowest BCUT2D eigenvalue weighted by atomic mass is 9.97. The maximum Gasteiger partial charge on any atom is 0.152 e. The molecule has 0 bridgehead atoms. The molecule has 0 saturated heterocycles. The van der Waals surface area contributed by atoms with Crippen molar-refractivity contribution in [1.82, 2.24) is 0 Å². The molecule has 4 heteroatoms. The fraction of sp³-hybridized carbons (Fsp3) is 1.00. The standard InChI is InChI=1S/C7H14O3S/c1-11(9,10)7-5-3-2-4-6(7)8/h6-8H,2-5H2,1H3. The van der Waals surface area contributed by atoms with Crippen LogP contribution in [0.25, 0.3) is 0 Å². The van der Waals surface area contributed by atoms with E-state index in [0.29, 0.717) is 12.8 Å². The molecule has 3 nitrogen and oxygen atoms in total. The molecule has 0 aliphatic heterocycles. The van der Waals surface area contributed by atoms with Crippen LogP contribution >= 0.6 is 0 Å². The van der Waals surface area contributed by atoms with Crippen LogP contribution in [0, 0.1) is 0 Å². The average Bonchev–Trinajstić information content (AvgIpc) is 1.86. The Morgan fingerprint density at radius 1 is 1.27 bits per heavy atom. The molecule has 66 valence electrons. The van der Waals surface area contributed by atoms with E-state index in [1.54, 1.807) is 0 Å². The smallest absolute Gasteiger partial charge is 0.152 e. The van der Waals surface area contributed by atoms with Gasteiger partial charge >= 0.3 is 0 Å². The van der Waals surface area contributed by atoms with E-state index >= 15 is 0 Å². The van der Waals surface area contributed by atoms with Crippen molar-refractivity contribution >= 4 is 9.84 Å². The lowest BCUT2D eigenvalue weighted by molar-refractivity contribution is 0.133. The maximum atomic E-state index is 11.0. The van der Waals surface area contributed by atoms with Crippen LogP contribution in [0.2, 0.25) is 0 Å². The second-order valence-corrected chi connectivity index (χ2v) is 5.48. The fourth-order valence-electron chi connectivity index (χ4n) is 1.58. The van der Waals surface area contributed by atoms with E-state index in [2.05, 4.69) is 0 Å². The summed E-state index contributed by atoms with van der Waals surface area (Å²) in [5, 5.41) is 8.82. The van der Waals surface area contributed by atoms with Crippen molar-refractivity contribution < 1.29 is 13.5 Å². The Balaban J connectivity index is 2.70. The Bertz CT molecular complexity index is 220. The molecule has 0 aromatic heterocycles. The number of aliphatic hydroxyl groups is 1. The summed E-state index contributed by atoms with van der Waals surface area (Å²) in [5.41, 5.74) is 0. The number of rotatable bonds is 1. The van der Waals surface area contributed by atoms with Crippen LogP contribution in [0.3, 0.4) is 0 Å². The van der Waals surface area contributed by atoms with Crippen molar-refractivity contribution in [2.75, 3.05) is 6.26 Å². The van der Waals surface area contributed by atoms with Gasteiger partial charge in [-0.05, 0) is 12.8 Å². The van der Waals surface area contributed by atoms with Gasteiger partial charge in [-0.1, -0.05) is 12.8 Å². The normalized spacial score (nSPS) is 33.6. The molecule has 2 atom stereocenters. The van der Waals surface area contributed by atoms with Crippen molar-refractivity contribution in [2.24, 2.45) is 0 Å². The molecule has 1 fully saturated rings. The largest absolute Gasteiger partial charge is 0.392 e. The van der Waals surface area contributed by atoms with Crippen LogP contribution in [0.5, 0.6) is 0 Å². The summed E-state index contributed by atoms with van der Waals surface area (Å²) in [7, 11) is -3.03. The second-order valence-electron chi connectivity index (χ2n) is 3.22. The van der Waals surface area contributed by atoms with Gasteiger partial charge in [-0.2, -0.15) is 0 Å². The summed E-state index contributed by atoms with van der Waals surface area (Å²) in [6.45, 7) is 0. The van der Waals surface area contributed by atoms with E-state index in [1.165, 1.54) is 6.26 Å². The number of aliphatic hydroxyl groups excluding tert-OH is 1. The predicted molar refractivity (Wildman–Crippen MR) is 43.1 cm³/mol. The van der Waals surface area contributed by atoms with E-state index in [9.17, 15) is 13.5 Å². The third-order valence-corrected chi connectivity index (χ3v) is 3.87. The fourth-order valence-corrected chi connectivity index (χ4v) is 2.88. The number of hydrogen-bond acceptors (Lipinski definition) is 3. The average molecular weight is 178 g/mol. The monoisotopic (exact) mass is 178 g/mol. The molecule has 1 N–H and O–H groups in total. The summed E-state index contributed by atoms with van der Waals surface area (Å²) in [5.74, 6) is 0. The molecular formula is C7H14O3S. The van der Waals surface area contributed by atoms with Crippen molar-refractivity contribution in [3.63, 3.8) is 0 Å². The van der Waals surface area contributed by atoms with Gasteiger partial charge in [0.2, 0.25) is 0 Å². The molecule has 0 amide bonds. The first-order chi connectivity index (χ1) is 5.02. The molecular weight excluding hydrogens is 164 g/mol. The summed E-state index contributed by atoms with van der Waals surface area (Å²) >= 11 is 0. The Morgan fingerprint density at radius 3 is 2.18 bits per heavy atom. The van der Waals surface area contributed by atoms with Gasteiger partial charge in [0.25, 0.3) is 0 Å². The van der Waals surface area contributed by atoms with Crippen molar-refractivity contribution in [2.45, 2.75) is 37.0 Å². The highest BCUT2D eigenvalue weighted by Crippen LogP contribution is 2.23. The molecule has 0 radical (unpaired) electrons. The third-order valence-electron chi connectivity index (χ3n) is 2.22. The molecule has 1 rings (SSSR count).